The molecule has 0 aromatic carbocycles. The van der Waals surface area contributed by atoms with Gasteiger partial charge in [0.1, 0.15) is 0 Å². The smallest absolute Gasteiger partial charge is 0.234 e. The van der Waals surface area contributed by atoms with Crippen LogP contribution in [0.5, 0.6) is 0 Å². The number of nitrogens with one attached hydrogen (secondary N) is 2. The molecule has 0 aromatic heterocycles. The lowest BCUT2D eigenvalue weighted by Gasteiger charge is -2.24. The van der Waals surface area contributed by atoms with Crippen LogP contribution in [0.2, 0.25) is 0 Å². The quantitative estimate of drug-likeness (QED) is 0.690. The van der Waals surface area contributed by atoms with Crippen molar-refractivity contribution in [2.45, 2.75) is 32.7 Å². The highest BCUT2D eigenvalue weighted by molar-refractivity contribution is 5.77. The number of amides is 1. The number of carbonyl (C=O) groups excluding carboxylic acids is 1. The van der Waals surface area contributed by atoms with Crippen molar-refractivity contribution in [2.24, 2.45) is 0 Å². The maximum atomic E-state index is 11.9. The van der Waals surface area contributed by atoms with Gasteiger partial charge in [-0.1, -0.05) is 6.92 Å². The third-order valence-electron chi connectivity index (χ3n) is 3.93. The van der Waals surface area contributed by atoms with Crippen LogP contribution < -0.4 is 10.6 Å². The molecular formula is C14H30N4O. The maximum Gasteiger partial charge on any atom is 0.234 e. The van der Waals surface area contributed by atoms with Crippen LogP contribution in [-0.4, -0.2) is 74.6 Å². The van der Waals surface area contributed by atoms with Crippen molar-refractivity contribution in [3.8, 4) is 0 Å². The Bertz CT molecular complexity index is 252. The molecule has 1 amide bonds. The molecule has 1 aliphatic heterocycles. The predicted molar refractivity (Wildman–Crippen MR) is 79.3 cm³/mol. The van der Waals surface area contributed by atoms with Crippen molar-refractivity contribution >= 4 is 5.91 Å². The summed E-state index contributed by atoms with van der Waals surface area (Å²) >= 11 is 0. The second-order valence-electron chi connectivity index (χ2n) is 5.47. The number of rotatable bonds is 7. The Morgan fingerprint density at radius 1 is 1.42 bits per heavy atom. The van der Waals surface area contributed by atoms with Crippen LogP contribution in [-0.2, 0) is 4.79 Å². The molecule has 0 spiro atoms. The Morgan fingerprint density at radius 3 is 2.95 bits per heavy atom. The predicted octanol–water partition coefficient (Wildman–Crippen LogP) is 0.128. The molecule has 1 fully saturated rings. The maximum absolute atomic E-state index is 11.9. The van der Waals surface area contributed by atoms with E-state index in [0.29, 0.717) is 12.6 Å². The first-order valence-corrected chi connectivity index (χ1v) is 7.53. The molecule has 1 atom stereocenters. The summed E-state index contributed by atoms with van der Waals surface area (Å²) in [4.78, 5) is 16.4. The molecule has 2 N–H and O–H groups in total. The highest BCUT2D eigenvalue weighted by atomic mass is 16.2. The van der Waals surface area contributed by atoms with Gasteiger partial charge < -0.3 is 15.5 Å². The highest BCUT2D eigenvalue weighted by Crippen LogP contribution is 1.98. The van der Waals surface area contributed by atoms with Gasteiger partial charge in [0.2, 0.25) is 5.91 Å². The molecular weight excluding hydrogens is 240 g/mol. The summed E-state index contributed by atoms with van der Waals surface area (Å²) in [5, 5.41) is 6.36. The second kappa shape index (κ2) is 9.28. The lowest BCUT2D eigenvalue weighted by atomic mass is 10.2. The monoisotopic (exact) mass is 270 g/mol. The van der Waals surface area contributed by atoms with Crippen molar-refractivity contribution in [1.29, 1.82) is 0 Å². The molecule has 0 aromatic rings. The van der Waals surface area contributed by atoms with Crippen molar-refractivity contribution in [3.05, 3.63) is 0 Å². The lowest BCUT2D eigenvalue weighted by molar-refractivity contribution is -0.122. The summed E-state index contributed by atoms with van der Waals surface area (Å²) in [6.45, 7) is 10.7. The Balaban J connectivity index is 2.13. The Kier molecular flexibility index (Phi) is 8.02. The summed E-state index contributed by atoms with van der Waals surface area (Å²) < 4.78 is 0. The molecule has 1 saturated heterocycles. The minimum absolute atomic E-state index is 0.152. The zero-order valence-electron chi connectivity index (χ0n) is 12.7. The number of carbonyl (C=O) groups is 1. The molecule has 1 aliphatic rings. The van der Waals surface area contributed by atoms with Crippen LogP contribution in [0.15, 0.2) is 0 Å². The molecule has 5 heteroatoms. The number of nitrogens with zero attached hydrogens (tertiary/aromatic N) is 2. The van der Waals surface area contributed by atoms with E-state index < -0.39 is 0 Å². The van der Waals surface area contributed by atoms with Crippen molar-refractivity contribution in [3.63, 3.8) is 0 Å². The van der Waals surface area contributed by atoms with Crippen molar-refractivity contribution in [1.82, 2.24) is 20.4 Å². The fraction of sp³-hybridized carbons (Fsp3) is 0.929. The van der Waals surface area contributed by atoms with E-state index in [4.69, 9.17) is 0 Å². The van der Waals surface area contributed by atoms with Gasteiger partial charge in [-0.05, 0) is 39.9 Å². The van der Waals surface area contributed by atoms with E-state index in [9.17, 15) is 4.79 Å². The minimum Gasteiger partial charge on any atom is -0.354 e. The van der Waals surface area contributed by atoms with Gasteiger partial charge in [-0.2, -0.15) is 0 Å². The molecule has 0 bridgehead atoms. The third kappa shape index (κ3) is 6.89. The van der Waals surface area contributed by atoms with E-state index in [0.717, 1.165) is 52.1 Å². The Labute approximate surface area is 117 Å². The van der Waals surface area contributed by atoms with Gasteiger partial charge in [-0.3, -0.25) is 9.69 Å². The summed E-state index contributed by atoms with van der Waals surface area (Å²) in [6.07, 6.45) is 2.27. The van der Waals surface area contributed by atoms with Crippen LogP contribution in [0.25, 0.3) is 0 Å². The summed E-state index contributed by atoms with van der Waals surface area (Å²) in [6, 6.07) is 0.577. The molecule has 0 aliphatic carbocycles. The van der Waals surface area contributed by atoms with Crippen LogP contribution in [0.1, 0.15) is 26.7 Å². The minimum atomic E-state index is 0.152. The zero-order valence-corrected chi connectivity index (χ0v) is 12.7. The first-order valence-electron chi connectivity index (χ1n) is 7.53. The Hall–Kier alpha value is -0.650. The third-order valence-corrected chi connectivity index (χ3v) is 3.93. The van der Waals surface area contributed by atoms with Crippen LogP contribution in [0.4, 0.5) is 0 Å². The molecule has 0 saturated carbocycles. The van der Waals surface area contributed by atoms with Crippen molar-refractivity contribution < 1.29 is 4.79 Å². The topological polar surface area (TPSA) is 47.6 Å². The SMILES string of the molecule is CCC(C)N(C)CCNC(=O)CN1CCCNCC1. The highest BCUT2D eigenvalue weighted by Gasteiger charge is 2.12. The van der Waals surface area contributed by atoms with E-state index in [2.05, 4.69) is 41.3 Å². The van der Waals surface area contributed by atoms with E-state index >= 15 is 0 Å². The average molecular weight is 270 g/mol. The van der Waals surface area contributed by atoms with Crippen LogP contribution in [0.3, 0.4) is 0 Å². The van der Waals surface area contributed by atoms with E-state index in [1.165, 1.54) is 0 Å². The lowest BCUT2D eigenvalue weighted by Crippen LogP contribution is -2.42. The van der Waals surface area contributed by atoms with Crippen molar-refractivity contribution in [2.75, 3.05) is 52.9 Å². The number of likely N-dealkylation sites (N-methyl/N-ethyl adjacent to an activating group) is 1. The van der Waals surface area contributed by atoms with Gasteiger partial charge in [-0.25, -0.2) is 0 Å². The second-order valence-corrected chi connectivity index (χ2v) is 5.47. The van der Waals surface area contributed by atoms with E-state index in [1.54, 1.807) is 0 Å². The van der Waals surface area contributed by atoms with E-state index in [-0.39, 0.29) is 5.91 Å². The first kappa shape index (κ1) is 16.4. The molecule has 19 heavy (non-hydrogen) atoms. The number of hydrogen-bond donors (Lipinski definition) is 2. The first-order chi connectivity index (χ1) is 9.13. The van der Waals surface area contributed by atoms with Crippen LogP contribution >= 0.6 is 0 Å². The summed E-state index contributed by atoms with van der Waals surface area (Å²) in [5.74, 6) is 0.152. The molecule has 112 valence electrons. The van der Waals surface area contributed by atoms with Gasteiger partial charge in [-0.15, -0.1) is 0 Å². The van der Waals surface area contributed by atoms with Gasteiger partial charge in [0.05, 0.1) is 6.54 Å². The van der Waals surface area contributed by atoms with E-state index in [1.807, 2.05) is 0 Å². The standard InChI is InChI=1S/C14H30N4O/c1-4-13(2)17(3)10-8-16-14(19)12-18-9-5-6-15-7-11-18/h13,15H,4-12H2,1-3H3,(H,16,19). The molecule has 5 nitrogen and oxygen atoms in total. The molecule has 0 radical (unpaired) electrons. The fourth-order valence-corrected chi connectivity index (χ4v) is 2.22. The van der Waals surface area contributed by atoms with Gasteiger partial charge in [0.25, 0.3) is 0 Å². The average Bonchev–Trinajstić information content (AvgIpc) is 2.66. The van der Waals surface area contributed by atoms with Gasteiger partial charge >= 0.3 is 0 Å². The largest absolute Gasteiger partial charge is 0.354 e. The molecule has 1 unspecified atom stereocenters. The Morgan fingerprint density at radius 2 is 2.21 bits per heavy atom. The molecule has 1 rings (SSSR count). The molecule has 1 heterocycles. The van der Waals surface area contributed by atoms with Gasteiger partial charge in [0.15, 0.2) is 0 Å². The summed E-state index contributed by atoms with van der Waals surface area (Å²) in [5.41, 5.74) is 0. The van der Waals surface area contributed by atoms with Gasteiger partial charge in [0, 0.05) is 32.2 Å². The fourth-order valence-electron chi connectivity index (χ4n) is 2.22. The normalized spacial score (nSPS) is 19.2. The summed E-state index contributed by atoms with van der Waals surface area (Å²) in [7, 11) is 2.11. The van der Waals surface area contributed by atoms with Crippen LogP contribution in [0, 0.1) is 0 Å². The zero-order chi connectivity index (χ0) is 14.1. The number of hydrogen-bond acceptors (Lipinski definition) is 4.